The van der Waals surface area contributed by atoms with Crippen molar-refractivity contribution in [1.29, 1.82) is 0 Å². The second-order valence-corrected chi connectivity index (χ2v) is 27.4. The third-order valence-electron chi connectivity index (χ3n) is 14.7. The average molecular weight is 1210 g/mol. The van der Waals surface area contributed by atoms with Crippen molar-refractivity contribution in [3.63, 3.8) is 0 Å². The van der Waals surface area contributed by atoms with E-state index in [9.17, 15) is 43.2 Å². The predicted octanol–water partition coefficient (Wildman–Crippen LogP) is 17.0. The molecular weight excluding hydrogens is 1090 g/mol. The molecule has 0 fully saturated rings. The molecule has 0 aliphatic heterocycles. The van der Waals surface area contributed by atoms with Gasteiger partial charge in [-0.05, 0) is 49.4 Å². The summed E-state index contributed by atoms with van der Waals surface area (Å²) in [6, 6.07) is 0. The molecule has 0 aromatic heterocycles. The molecule has 82 heavy (non-hydrogen) atoms. The largest absolute Gasteiger partial charge is 0.472 e. The first-order valence-corrected chi connectivity index (χ1v) is 35.7. The fraction of sp³-hybridized carbons (Fsp3) is 0.937. The lowest BCUT2D eigenvalue weighted by molar-refractivity contribution is -0.161. The average Bonchev–Trinajstić information content (AvgIpc) is 3.45. The Morgan fingerprint density at radius 2 is 0.585 bits per heavy atom. The fourth-order valence-electron chi connectivity index (χ4n) is 9.22. The molecule has 0 bridgehead atoms. The minimum Gasteiger partial charge on any atom is -0.462 e. The number of esters is 4. The minimum atomic E-state index is -4.94. The number of hydrogen-bond acceptors (Lipinski definition) is 15. The quantitative estimate of drug-likeness (QED) is 0.0222. The van der Waals surface area contributed by atoms with Gasteiger partial charge < -0.3 is 33.8 Å². The highest BCUT2D eigenvalue weighted by Gasteiger charge is 2.30. The Kier molecular flexibility index (Phi) is 52.0. The van der Waals surface area contributed by atoms with E-state index in [1.54, 1.807) is 0 Å². The highest BCUT2D eigenvalue weighted by atomic mass is 31.2. The number of ether oxygens (including phenoxy) is 4. The van der Waals surface area contributed by atoms with Crippen LogP contribution in [0.3, 0.4) is 0 Å². The topological polar surface area (TPSA) is 237 Å². The molecule has 0 aromatic carbocycles. The zero-order valence-electron chi connectivity index (χ0n) is 53.1. The zero-order valence-corrected chi connectivity index (χ0v) is 54.9. The van der Waals surface area contributed by atoms with Crippen LogP contribution >= 0.6 is 15.6 Å². The molecule has 0 heterocycles. The summed E-state index contributed by atoms with van der Waals surface area (Å²) in [5, 5.41) is 10.5. The van der Waals surface area contributed by atoms with E-state index >= 15 is 0 Å². The van der Waals surface area contributed by atoms with Gasteiger partial charge in [-0.1, -0.05) is 248 Å². The van der Waals surface area contributed by atoms with Gasteiger partial charge >= 0.3 is 39.5 Å². The highest BCUT2D eigenvalue weighted by Crippen LogP contribution is 2.45. The van der Waals surface area contributed by atoms with Crippen molar-refractivity contribution in [2.75, 3.05) is 39.6 Å². The lowest BCUT2D eigenvalue weighted by Gasteiger charge is -2.21. The predicted molar refractivity (Wildman–Crippen MR) is 326 cm³/mol. The van der Waals surface area contributed by atoms with E-state index in [0.717, 1.165) is 115 Å². The number of aliphatic hydroxyl groups is 1. The molecule has 0 radical (unpaired) electrons. The van der Waals surface area contributed by atoms with Crippen LogP contribution in [-0.4, -0.2) is 96.7 Å². The van der Waals surface area contributed by atoms with E-state index in [1.807, 2.05) is 0 Å². The zero-order chi connectivity index (χ0) is 61.1. The smallest absolute Gasteiger partial charge is 0.462 e. The van der Waals surface area contributed by atoms with Crippen molar-refractivity contribution in [2.24, 2.45) is 23.7 Å². The molecule has 0 aliphatic rings. The summed E-state index contributed by atoms with van der Waals surface area (Å²) < 4.78 is 67.9. The maximum absolute atomic E-state index is 13.0. The standard InChI is InChI=1S/C63H122O17P2/c1-9-56(8)42-34-26-21-22-28-36-44-61(66)74-50-59(80-63(68)46-38-30-20-14-17-25-33-41-55(6)7)52-78-82(71,72)76-48-57(64)47-75-81(69,70)77-51-58(49-73-60(65)43-35-27-19-13-16-24-32-40-54(4)5)79-62(67)45-37-29-18-12-10-11-15-23-31-39-53(2)3/h53-59,64H,9-52H2,1-8H3,(H,69,70)(H,71,72)/t56?,57-,58-,59-/m1/s1. The highest BCUT2D eigenvalue weighted by molar-refractivity contribution is 7.47. The number of carbonyl (C=O) groups excluding carboxylic acids is 4. The lowest BCUT2D eigenvalue weighted by Crippen LogP contribution is -2.30. The Labute approximate surface area is 498 Å². The molecule has 0 aliphatic carbocycles. The van der Waals surface area contributed by atoms with Gasteiger partial charge in [-0.15, -0.1) is 0 Å². The monoisotopic (exact) mass is 1210 g/mol. The Balaban J connectivity index is 5.26. The number of carbonyl (C=O) groups is 4. The van der Waals surface area contributed by atoms with Crippen LogP contribution in [0.1, 0.15) is 299 Å². The van der Waals surface area contributed by atoms with Gasteiger partial charge in [0.05, 0.1) is 26.4 Å². The van der Waals surface area contributed by atoms with Gasteiger partial charge in [0, 0.05) is 25.7 Å². The van der Waals surface area contributed by atoms with Crippen molar-refractivity contribution in [1.82, 2.24) is 0 Å². The van der Waals surface area contributed by atoms with Crippen molar-refractivity contribution in [3.05, 3.63) is 0 Å². The van der Waals surface area contributed by atoms with Crippen LogP contribution in [0, 0.1) is 23.7 Å². The van der Waals surface area contributed by atoms with Crippen LogP contribution in [0.4, 0.5) is 0 Å². The molecule has 6 atom stereocenters. The SMILES string of the molecule is CCC(C)CCCCCCCCC(=O)OC[C@H](COP(=O)(O)OC[C@H](O)COP(=O)(O)OC[C@@H](COC(=O)CCCCCCCCCC(C)C)OC(=O)CCCCCCCCCCCC(C)C)OC(=O)CCCCCCCCCC(C)C. The molecule has 3 N–H and O–H groups in total. The summed E-state index contributed by atoms with van der Waals surface area (Å²) in [4.78, 5) is 72.1. The molecule has 0 aromatic rings. The van der Waals surface area contributed by atoms with E-state index in [-0.39, 0.29) is 25.7 Å². The summed E-state index contributed by atoms with van der Waals surface area (Å²) in [6.45, 7) is 13.9. The first-order valence-electron chi connectivity index (χ1n) is 32.7. The summed E-state index contributed by atoms with van der Waals surface area (Å²) >= 11 is 0. The summed E-state index contributed by atoms with van der Waals surface area (Å²) in [7, 11) is -9.89. The van der Waals surface area contributed by atoms with Crippen molar-refractivity contribution in [3.8, 4) is 0 Å². The van der Waals surface area contributed by atoms with Gasteiger partial charge in [-0.3, -0.25) is 37.3 Å². The Bertz CT molecular complexity index is 1650. The maximum Gasteiger partial charge on any atom is 0.472 e. The van der Waals surface area contributed by atoms with Crippen molar-refractivity contribution >= 4 is 39.5 Å². The van der Waals surface area contributed by atoms with Gasteiger partial charge in [0.1, 0.15) is 19.3 Å². The van der Waals surface area contributed by atoms with E-state index in [1.165, 1.54) is 89.9 Å². The fourth-order valence-corrected chi connectivity index (χ4v) is 10.8. The molecule has 19 heteroatoms. The van der Waals surface area contributed by atoms with Gasteiger partial charge in [0.25, 0.3) is 0 Å². The Hall–Kier alpha value is -1.94. The van der Waals surface area contributed by atoms with Crippen LogP contribution in [-0.2, 0) is 65.4 Å². The second-order valence-electron chi connectivity index (χ2n) is 24.5. The van der Waals surface area contributed by atoms with Gasteiger partial charge in [0.2, 0.25) is 0 Å². The Morgan fingerprint density at radius 3 is 0.866 bits per heavy atom. The number of aliphatic hydroxyl groups excluding tert-OH is 1. The van der Waals surface area contributed by atoms with Gasteiger partial charge in [-0.2, -0.15) is 0 Å². The van der Waals surface area contributed by atoms with E-state index < -0.39 is 97.5 Å². The van der Waals surface area contributed by atoms with Gasteiger partial charge in [-0.25, -0.2) is 9.13 Å². The molecule has 0 saturated carbocycles. The molecular formula is C63H122O17P2. The maximum atomic E-state index is 13.0. The lowest BCUT2D eigenvalue weighted by atomic mass is 10.00. The van der Waals surface area contributed by atoms with Crippen LogP contribution < -0.4 is 0 Å². The van der Waals surface area contributed by atoms with E-state index in [0.29, 0.717) is 37.5 Å². The number of unbranched alkanes of at least 4 members (excludes halogenated alkanes) is 25. The molecule has 3 unspecified atom stereocenters. The van der Waals surface area contributed by atoms with Crippen molar-refractivity contribution in [2.45, 2.75) is 318 Å². The number of rotatable bonds is 60. The second kappa shape index (κ2) is 53.3. The third kappa shape index (κ3) is 55.9. The first kappa shape index (κ1) is 80.1. The number of phosphoric acid groups is 2. The minimum absolute atomic E-state index is 0.102. The third-order valence-corrected chi connectivity index (χ3v) is 16.6. The van der Waals surface area contributed by atoms with Crippen LogP contribution in [0.5, 0.6) is 0 Å². The normalized spacial score (nSPS) is 14.8. The molecule has 486 valence electrons. The van der Waals surface area contributed by atoms with Gasteiger partial charge in [0.15, 0.2) is 12.2 Å². The van der Waals surface area contributed by atoms with Crippen LogP contribution in [0.25, 0.3) is 0 Å². The molecule has 0 saturated heterocycles. The molecule has 0 rings (SSSR count). The van der Waals surface area contributed by atoms with E-state index in [4.69, 9.17) is 37.0 Å². The number of phosphoric ester groups is 2. The summed E-state index contributed by atoms with van der Waals surface area (Å²) in [6.07, 6.45) is 32.3. The first-order chi connectivity index (χ1) is 39.1. The summed E-state index contributed by atoms with van der Waals surface area (Å²) in [5.41, 5.74) is 0. The van der Waals surface area contributed by atoms with E-state index in [2.05, 4.69) is 55.4 Å². The Morgan fingerprint density at radius 1 is 0.341 bits per heavy atom. The summed E-state index contributed by atoms with van der Waals surface area (Å²) in [5.74, 6) is 0.724. The van der Waals surface area contributed by atoms with Crippen LogP contribution in [0.2, 0.25) is 0 Å². The molecule has 0 amide bonds. The molecule has 17 nitrogen and oxygen atoms in total. The molecule has 0 spiro atoms. The van der Waals surface area contributed by atoms with Crippen molar-refractivity contribution < 1.29 is 80.2 Å². The van der Waals surface area contributed by atoms with Crippen LogP contribution in [0.15, 0.2) is 0 Å². The number of hydrogen-bond donors (Lipinski definition) is 3.